The van der Waals surface area contributed by atoms with E-state index in [-0.39, 0.29) is 12.1 Å². The largest absolute Gasteiger partial charge is 0.494 e. The van der Waals surface area contributed by atoms with Crippen LogP contribution in [0.5, 0.6) is 5.75 Å². The fourth-order valence-electron chi connectivity index (χ4n) is 2.52. The highest BCUT2D eigenvalue weighted by Gasteiger charge is 2.10. The zero-order chi connectivity index (χ0) is 20.1. The molecule has 0 saturated heterocycles. The number of amides is 1. The van der Waals surface area contributed by atoms with Gasteiger partial charge in [0.2, 0.25) is 5.91 Å². The van der Waals surface area contributed by atoms with Crippen LogP contribution < -0.4 is 15.6 Å². The summed E-state index contributed by atoms with van der Waals surface area (Å²) in [5.74, 6) is 0.345. The van der Waals surface area contributed by atoms with Crippen molar-refractivity contribution < 1.29 is 9.53 Å². The maximum absolute atomic E-state index is 12.3. The van der Waals surface area contributed by atoms with Gasteiger partial charge in [-0.2, -0.15) is 5.10 Å². The predicted octanol–water partition coefficient (Wildman–Crippen LogP) is 4.25. The number of ether oxygens (including phenoxy) is 1. The molecule has 1 N–H and O–H groups in total. The Balaban J connectivity index is 1.76. The van der Waals surface area contributed by atoms with Gasteiger partial charge in [0.05, 0.1) is 22.3 Å². The Morgan fingerprint density at radius 1 is 1.07 bits per heavy atom. The second-order valence-corrected chi connectivity index (χ2v) is 6.66. The Morgan fingerprint density at radius 3 is 2.50 bits per heavy atom. The first kappa shape index (κ1) is 19.9. The number of hydrogen-bond donors (Lipinski definition) is 1. The van der Waals surface area contributed by atoms with Crippen LogP contribution in [0.25, 0.3) is 11.3 Å². The van der Waals surface area contributed by atoms with E-state index in [0.29, 0.717) is 28.0 Å². The van der Waals surface area contributed by atoms with E-state index in [1.165, 1.54) is 12.1 Å². The van der Waals surface area contributed by atoms with Crippen molar-refractivity contribution in [3.8, 4) is 17.0 Å². The molecule has 28 heavy (non-hydrogen) atoms. The van der Waals surface area contributed by atoms with E-state index in [4.69, 9.17) is 27.9 Å². The number of carbonyl (C=O) groups excluding carboxylic acids is 1. The first-order valence-corrected chi connectivity index (χ1v) is 9.28. The number of carbonyl (C=O) groups is 1. The van der Waals surface area contributed by atoms with Crippen LogP contribution in [0.1, 0.15) is 6.92 Å². The lowest BCUT2D eigenvalue weighted by atomic mass is 10.1. The van der Waals surface area contributed by atoms with Crippen LogP contribution in [-0.4, -0.2) is 22.3 Å². The summed E-state index contributed by atoms with van der Waals surface area (Å²) >= 11 is 11.8. The van der Waals surface area contributed by atoms with Gasteiger partial charge in [-0.25, -0.2) is 4.68 Å². The van der Waals surface area contributed by atoms with Crippen LogP contribution >= 0.6 is 23.2 Å². The molecule has 0 aliphatic carbocycles. The molecule has 0 atom stereocenters. The highest BCUT2D eigenvalue weighted by Crippen LogP contribution is 2.25. The minimum absolute atomic E-state index is 0.232. The van der Waals surface area contributed by atoms with Gasteiger partial charge in [0.1, 0.15) is 12.3 Å². The Bertz CT molecular complexity index is 1050. The number of halogens is 2. The van der Waals surface area contributed by atoms with E-state index in [2.05, 4.69) is 10.4 Å². The molecule has 0 saturated carbocycles. The number of nitrogens with one attached hydrogen (secondary N) is 1. The van der Waals surface area contributed by atoms with Crippen molar-refractivity contribution in [2.45, 2.75) is 13.5 Å². The zero-order valence-electron chi connectivity index (χ0n) is 15.0. The molecule has 0 aliphatic heterocycles. The third-order valence-electron chi connectivity index (χ3n) is 3.82. The third-order valence-corrected chi connectivity index (χ3v) is 4.56. The Morgan fingerprint density at radius 2 is 1.82 bits per heavy atom. The van der Waals surface area contributed by atoms with Crippen molar-refractivity contribution in [3.63, 3.8) is 0 Å². The molecule has 2 aromatic carbocycles. The zero-order valence-corrected chi connectivity index (χ0v) is 16.5. The summed E-state index contributed by atoms with van der Waals surface area (Å²) in [6.45, 7) is 2.26. The third kappa shape index (κ3) is 4.91. The topological polar surface area (TPSA) is 73.2 Å². The molecule has 0 unspecified atom stereocenters. The predicted molar refractivity (Wildman–Crippen MR) is 110 cm³/mol. The molecule has 1 amide bonds. The molecule has 3 rings (SSSR count). The van der Waals surface area contributed by atoms with Gasteiger partial charge < -0.3 is 10.1 Å². The number of nitrogens with zero attached hydrogens (tertiary/aromatic N) is 2. The Kier molecular flexibility index (Phi) is 6.34. The summed E-state index contributed by atoms with van der Waals surface area (Å²) in [5, 5.41) is 7.67. The summed E-state index contributed by atoms with van der Waals surface area (Å²) in [6, 6.07) is 15.1. The molecule has 0 bridgehead atoms. The summed E-state index contributed by atoms with van der Waals surface area (Å²) in [4.78, 5) is 24.4. The monoisotopic (exact) mass is 417 g/mol. The van der Waals surface area contributed by atoms with Crippen molar-refractivity contribution in [2.75, 3.05) is 11.9 Å². The molecule has 0 aliphatic rings. The fraction of sp³-hybridized carbons (Fsp3) is 0.150. The molecule has 0 fully saturated rings. The van der Waals surface area contributed by atoms with Gasteiger partial charge >= 0.3 is 0 Å². The molecule has 8 heteroatoms. The second-order valence-electron chi connectivity index (χ2n) is 5.85. The van der Waals surface area contributed by atoms with Crippen molar-refractivity contribution >= 4 is 34.8 Å². The number of anilines is 1. The molecule has 1 heterocycles. The molecule has 6 nitrogen and oxygen atoms in total. The minimum Gasteiger partial charge on any atom is -0.494 e. The summed E-state index contributed by atoms with van der Waals surface area (Å²) in [6.07, 6.45) is 0. The molecular weight excluding hydrogens is 401 g/mol. The van der Waals surface area contributed by atoms with Crippen LogP contribution in [0.4, 0.5) is 5.69 Å². The first-order chi connectivity index (χ1) is 13.5. The second kappa shape index (κ2) is 8.91. The summed E-state index contributed by atoms with van der Waals surface area (Å²) in [7, 11) is 0. The lowest BCUT2D eigenvalue weighted by Gasteiger charge is -2.09. The molecular formula is C20H17Cl2N3O3. The summed E-state index contributed by atoms with van der Waals surface area (Å²) < 4.78 is 6.53. The average Bonchev–Trinajstić information content (AvgIpc) is 2.67. The van der Waals surface area contributed by atoms with Crippen LogP contribution in [0, 0.1) is 0 Å². The van der Waals surface area contributed by atoms with Crippen molar-refractivity contribution in [1.82, 2.24) is 9.78 Å². The van der Waals surface area contributed by atoms with E-state index in [0.717, 1.165) is 16.0 Å². The molecule has 0 radical (unpaired) electrons. The summed E-state index contributed by atoms with van der Waals surface area (Å²) in [5.41, 5.74) is 1.49. The number of rotatable bonds is 6. The van der Waals surface area contributed by atoms with Crippen LogP contribution in [-0.2, 0) is 11.3 Å². The maximum Gasteiger partial charge on any atom is 0.267 e. The number of aromatic nitrogens is 2. The normalized spacial score (nSPS) is 10.5. The Hall–Kier alpha value is -2.83. The smallest absolute Gasteiger partial charge is 0.267 e. The van der Waals surface area contributed by atoms with E-state index in [1.807, 2.05) is 31.2 Å². The molecule has 3 aromatic rings. The standard InChI is InChI=1S/C20H17Cl2N3O3/c1-2-28-15-6-3-13(4-7-15)18-9-10-20(27)25(24-18)12-19(26)23-14-5-8-16(21)17(22)11-14/h3-11H,2,12H2,1H3,(H,23,26). The average molecular weight is 418 g/mol. The van der Waals surface area contributed by atoms with Crippen molar-refractivity contribution in [2.24, 2.45) is 0 Å². The quantitative estimate of drug-likeness (QED) is 0.650. The Labute approximate surface area is 171 Å². The van der Waals surface area contributed by atoms with E-state index >= 15 is 0 Å². The van der Waals surface area contributed by atoms with Gasteiger partial charge in [-0.05, 0) is 55.5 Å². The molecule has 144 valence electrons. The molecule has 1 aromatic heterocycles. The van der Waals surface area contributed by atoms with Crippen LogP contribution in [0.3, 0.4) is 0 Å². The highest BCUT2D eigenvalue weighted by atomic mass is 35.5. The van der Waals surface area contributed by atoms with Gasteiger partial charge in [-0.15, -0.1) is 0 Å². The van der Waals surface area contributed by atoms with Gasteiger partial charge in [-0.3, -0.25) is 9.59 Å². The van der Waals surface area contributed by atoms with E-state index < -0.39 is 5.91 Å². The number of hydrogen-bond acceptors (Lipinski definition) is 4. The van der Waals surface area contributed by atoms with Crippen molar-refractivity contribution in [3.05, 3.63) is 75.0 Å². The minimum atomic E-state index is -0.406. The fourth-order valence-corrected chi connectivity index (χ4v) is 2.81. The first-order valence-electron chi connectivity index (χ1n) is 8.52. The number of benzene rings is 2. The lowest BCUT2D eigenvalue weighted by Crippen LogP contribution is -2.29. The highest BCUT2D eigenvalue weighted by molar-refractivity contribution is 6.42. The van der Waals surface area contributed by atoms with Gasteiger partial charge in [0.15, 0.2) is 0 Å². The van der Waals surface area contributed by atoms with E-state index in [9.17, 15) is 9.59 Å². The van der Waals surface area contributed by atoms with Crippen LogP contribution in [0.2, 0.25) is 10.0 Å². The van der Waals surface area contributed by atoms with Crippen molar-refractivity contribution in [1.29, 1.82) is 0 Å². The van der Waals surface area contributed by atoms with E-state index in [1.54, 1.807) is 18.2 Å². The maximum atomic E-state index is 12.3. The SMILES string of the molecule is CCOc1ccc(-c2ccc(=O)n(CC(=O)Nc3ccc(Cl)c(Cl)c3)n2)cc1. The van der Waals surface area contributed by atoms with Crippen LogP contribution in [0.15, 0.2) is 59.4 Å². The molecule has 0 spiro atoms. The van der Waals surface area contributed by atoms with Gasteiger partial charge in [0, 0.05) is 17.3 Å². The van der Waals surface area contributed by atoms with Gasteiger partial charge in [-0.1, -0.05) is 23.2 Å². The lowest BCUT2D eigenvalue weighted by molar-refractivity contribution is -0.117. The van der Waals surface area contributed by atoms with Gasteiger partial charge in [0.25, 0.3) is 5.56 Å².